The quantitative estimate of drug-likeness (QED) is 0.689. The molecule has 1 heterocycles. The van der Waals surface area contributed by atoms with Crippen LogP contribution in [0.1, 0.15) is 19.3 Å². The zero-order valence-electron chi connectivity index (χ0n) is 9.62. The van der Waals surface area contributed by atoms with Gasteiger partial charge in [-0.2, -0.15) is 0 Å². The summed E-state index contributed by atoms with van der Waals surface area (Å²) in [6.45, 7) is 2.02. The van der Waals surface area contributed by atoms with Crippen LogP contribution >= 0.6 is 15.9 Å². The van der Waals surface area contributed by atoms with Crippen LogP contribution in [0.3, 0.4) is 0 Å². The van der Waals surface area contributed by atoms with E-state index in [4.69, 9.17) is 4.74 Å². The lowest BCUT2D eigenvalue weighted by molar-refractivity contribution is -0.135. The van der Waals surface area contributed by atoms with Gasteiger partial charge in [-0.3, -0.25) is 4.79 Å². The maximum absolute atomic E-state index is 11.7. The molecule has 0 aliphatic carbocycles. The second kappa shape index (κ2) is 6.17. The van der Waals surface area contributed by atoms with E-state index in [-0.39, 0.29) is 5.97 Å². The van der Waals surface area contributed by atoms with E-state index in [9.17, 15) is 4.79 Å². The molecule has 1 aromatic rings. The molecule has 0 unspecified atom stereocenters. The highest BCUT2D eigenvalue weighted by atomic mass is 79.9. The molecule has 92 valence electrons. The van der Waals surface area contributed by atoms with E-state index in [1.807, 2.05) is 12.1 Å². The minimum absolute atomic E-state index is 0.130. The molecule has 1 N–H and O–H groups in total. The fraction of sp³-hybridized carbons (Fsp3) is 0.462. The van der Waals surface area contributed by atoms with E-state index in [0.717, 1.165) is 30.4 Å². The van der Waals surface area contributed by atoms with Crippen molar-refractivity contribution in [2.24, 2.45) is 5.92 Å². The molecule has 0 amide bonds. The summed E-state index contributed by atoms with van der Waals surface area (Å²) < 4.78 is 6.23. The zero-order valence-corrected chi connectivity index (χ0v) is 11.2. The predicted octanol–water partition coefficient (Wildman–Crippen LogP) is 2.74. The minimum Gasteiger partial charge on any atom is -0.426 e. The van der Waals surface area contributed by atoms with Gasteiger partial charge < -0.3 is 10.1 Å². The lowest BCUT2D eigenvalue weighted by Gasteiger charge is -2.21. The van der Waals surface area contributed by atoms with Crippen molar-refractivity contribution in [1.29, 1.82) is 0 Å². The van der Waals surface area contributed by atoms with Crippen LogP contribution in [0.15, 0.2) is 28.7 Å². The Bertz CT molecular complexity index is 389. The number of halogens is 1. The maximum Gasteiger partial charge on any atom is 0.311 e. The predicted molar refractivity (Wildman–Crippen MR) is 70.0 cm³/mol. The van der Waals surface area contributed by atoms with E-state index in [1.54, 1.807) is 12.1 Å². The van der Waals surface area contributed by atoms with E-state index in [2.05, 4.69) is 21.2 Å². The number of esters is 1. The van der Waals surface area contributed by atoms with Crippen LogP contribution in [0.5, 0.6) is 5.75 Å². The molecule has 1 aliphatic heterocycles. The summed E-state index contributed by atoms with van der Waals surface area (Å²) in [5.74, 6) is 0.948. The van der Waals surface area contributed by atoms with Gasteiger partial charge in [0.2, 0.25) is 0 Å². The fourth-order valence-corrected chi connectivity index (χ4v) is 2.40. The molecule has 0 spiro atoms. The number of benzene rings is 1. The number of carbonyl (C=O) groups excluding carboxylic acids is 1. The molecule has 1 saturated heterocycles. The van der Waals surface area contributed by atoms with Crippen molar-refractivity contribution < 1.29 is 9.53 Å². The third kappa shape index (κ3) is 4.13. The summed E-state index contributed by atoms with van der Waals surface area (Å²) in [6.07, 6.45) is 2.65. The Morgan fingerprint density at radius 2 is 2.18 bits per heavy atom. The molecule has 2 rings (SSSR count). The highest BCUT2D eigenvalue weighted by molar-refractivity contribution is 9.10. The van der Waals surface area contributed by atoms with E-state index < -0.39 is 0 Å². The number of piperidine rings is 1. The van der Waals surface area contributed by atoms with Crippen molar-refractivity contribution in [1.82, 2.24) is 5.32 Å². The molecule has 1 fully saturated rings. The fourth-order valence-electron chi connectivity index (χ4n) is 2.03. The van der Waals surface area contributed by atoms with Crippen molar-refractivity contribution >= 4 is 21.9 Å². The van der Waals surface area contributed by atoms with Crippen LogP contribution in [0.2, 0.25) is 0 Å². The van der Waals surface area contributed by atoms with Crippen molar-refractivity contribution in [3.8, 4) is 5.75 Å². The molecule has 1 aromatic carbocycles. The van der Waals surface area contributed by atoms with Gasteiger partial charge in [-0.15, -0.1) is 0 Å². The van der Waals surface area contributed by atoms with Gasteiger partial charge in [-0.05, 0) is 50.0 Å². The first-order valence-electron chi connectivity index (χ1n) is 5.91. The van der Waals surface area contributed by atoms with Gasteiger partial charge in [-0.25, -0.2) is 0 Å². The Hall–Kier alpha value is -0.870. The lowest BCUT2D eigenvalue weighted by Crippen LogP contribution is -2.29. The second-order valence-electron chi connectivity index (χ2n) is 4.33. The summed E-state index contributed by atoms with van der Waals surface area (Å²) in [5.41, 5.74) is 0. The van der Waals surface area contributed by atoms with Gasteiger partial charge in [0.25, 0.3) is 0 Å². The van der Waals surface area contributed by atoms with E-state index in [0.29, 0.717) is 18.1 Å². The van der Waals surface area contributed by atoms with Crippen molar-refractivity contribution in [3.05, 3.63) is 28.7 Å². The van der Waals surface area contributed by atoms with Crippen molar-refractivity contribution in [3.63, 3.8) is 0 Å². The van der Waals surface area contributed by atoms with Crippen molar-refractivity contribution in [2.45, 2.75) is 19.3 Å². The highest BCUT2D eigenvalue weighted by Crippen LogP contribution is 2.20. The third-order valence-electron chi connectivity index (χ3n) is 2.94. The standard InChI is InChI=1S/C13H16BrNO2/c14-11-2-1-3-12(9-11)17-13(16)8-10-4-6-15-7-5-10/h1-3,9-10,15H,4-8H2. The Kier molecular flexibility index (Phi) is 4.57. The molecular weight excluding hydrogens is 282 g/mol. The summed E-state index contributed by atoms with van der Waals surface area (Å²) in [5, 5.41) is 3.29. The Labute approximate surface area is 110 Å². The number of nitrogens with one attached hydrogen (secondary N) is 1. The van der Waals surface area contributed by atoms with Crippen LogP contribution in [0.25, 0.3) is 0 Å². The summed E-state index contributed by atoms with van der Waals surface area (Å²) in [7, 11) is 0. The van der Waals surface area contributed by atoms with Gasteiger partial charge in [0, 0.05) is 10.9 Å². The highest BCUT2D eigenvalue weighted by Gasteiger charge is 2.17. The lowest BCUT2D eigenvalue weighted by atomic mass is 9.95. The normalized spacial score (nSPS) is 16.8. The van der Waals surface area contributed by atoms with Crippen LogP contribution in [-0.2, 0) is 4.79 Å². The first kappa shape index (κ1) is 12.6. The molecule has 0 saturated carbocycles. The molecule has 0 atom stereocenters. The van der Waals surface area contributed by atoms with Crippen LogP contribution < -0.4 is 10.1 Å². The first-order chi connectivity index (χ1) is 8.24. The number of hydrogen-bond acceptors (Lipinski definition) is 3. The third-order valence-corrected chi connectivity index (χ3v) is 3.44. The number of ether oxygens (including phenoxy) is 1. The Balaban J connectivity index is 1.84. The van der Waals surface area contributed by atoms with Crippen LogP contribution in [-0.4, -0.2) is 19.1 Å². The number of carbonyl (C=O) groups is 1. The first-order valence-corrected chi connectivity index (χ1v) is 6.70. The van der Waals surface area contributed by atoms with E-state index >= 15 is 0 Å². The summed E-state index contributed by atoms with van der Waals surface area (Å²) >= 11 is 3.35. The minimum atomic E-state index is -0.130. The second-order valence-corrected chi connectivity index (χ2v) is 5.24. The topological polar surface area (TPSA) is 38.3 Å². The summed E-state index contributed by atoms with van der Waals surface area (Å²) in [4.78, 5) is 11.7. The van der Waals surface area contributed by atoms with Crippen LogP contribution in [0, 0.1) is 5.92 Å². The largest absolute Gasteiger partial charge is 0.426 e. The monoisotopic (exact) mass is 297 g/mol. The van der Waals surface area contributed by atoms with E-state index in [1.165, 1.54) is 0 Å². The average Bonchev–Trinajstić information content (AvgIpc) is 2.30. The summed E-state index contributed by atoms with van der Waals surface area (Å²) in [6, 6.07) is 7.37. The maximum atomic E-state index is 11.7. The van der Waals surface area contributed by atoms with Gasteiger partial charge in [-0.1, -0.05) is 22.0 Å². The SMILES string of the molecule is O=C(CC1CCNCC1)Oc1cccc(Br)c1. The van der Waals surface area contributed by atoms with Gasteiger partial charge in [0.1, 0.15) is 5.75 Å². The van der Waals surface area contributed by atoms with Gasteiger partial charge >= 0.3 is 5.97 Å². The Morgan fingerprint density at radius 3 is 2.88 bits per heavy atom. The van der Waals surface area contributed by atoms with Gasteiger partial charge in [0.15, 0.2) is 0 Å². The molecule has 1 aliphatic rings. The van der Waals surface area contributed by atoms with Gasteiger partial charge in [0.05, 0.1) is 0 Å². The molecule has 3 nitrogen and oxygen atoms in total. The molecule has 0 aromatic heterocycles. The molecule has 17 heavy (non-hydrogen) atoms. The number of rotatable bonds is 3. The molecule has 0 bridgehead atoms. The Morgan fingerprint density at radius 1 is 1.41 bits per heavy atom. The smallest absolute Gasteiger partial charge is 0.311 e. The molecular formula is C13H16BrNO2. The number of hydrogen-bond donors (Lipinski definition) is 1. The van der Waals surface area contributed by atoms with Crippen LogP contribution in [0.4, 0.5) is 0 Å². The molecule has 4 heteroatoms. The average molecular weight is 298 g/mol. The zero-order chi connectivity index (χ0) is 12.1. The van der Waals surface area contributed by atoms with Crippen molar-refractivity contribution in [2.75, 3.05) is 13.1 Å². The molecule has 0 radical (unpaired) electrons.